The highest BCUT2D eigenvalue weighted by molar-refractivity contribution is 5.77. The van der Waals surface area contributed by atoms with E-state index in [0.717, 1.165) is 32.5 Å². The zero-order chi connectivity index (χ0) is 14.2. The van der Waals surface area contributed by atoms with Gasteiger partial charge in [-0.2, -0.15) is 0 Å². The van der Waals surface area contributed by atoms with Crippen molar-refractivity contribution in [2.45, 2.75) is 32.4 Å². The van der Waals surface area contributed by atoms with Gasteiger partial charge in [-0.15, -0.1) is 0 Å². The predicted octanol–water partition coefficient (Wildman–Crippen LogP) is 1.38. The van der Waals surface area contributed by atoms with Gasteiger partial charge in [-0.1, -0.05) is 30.3 Å². The highest BCUT2D eigenvalue weighted by Crippen LogP contribution is 2.13. The Morgan fingerprint density at radius 1 is 1.25 bits per heavy atom. The van der Waals surface area contributed by atoms with Crippen molar-refractivity contribution in [3.8, 4) is 0 Å². The summed E-state index contributed by atoms with van der Waals surface area (Å²) in [5.74, 6) is 0.0965. The van der Waals surface area contributed by atoms with Gasteiger partial charge in [-0.3, -0.25) is 9.69 Å². The fraction of sp³-hybridized carbons (Fsp3) is 0.562. The van der Waals surface area contributed by atoms with Gasteiger partial charge in [-0.05, 0) is 38.4 Å². The summed E-state index contributed by atoms with van der Waals surface area (Å²) < 4.78 is 0. The van der Waals surface area contributed by atoms with Gasteiger partial charge in [0.1, 0.15) is 0 Å². The average Bonchev–Trinajstić information content (AvgIpc) is 2.48. The van der Waals surface area contributed by atoms with Crippen molar-refractivity contribution >= 4 is 5.91 Å². The Hall–Kier alpha value is -1.39. The maximum absolute atomic E-state index is 11.4. The zero-order valence-corrected chi connectivity index (χ0v) is 12.3. The molecule has 2 N–H and O–H groups in total. The summed E-state index contributed by atoms with van der Waals surface area (Å²) in [5, 5.41) is 6.17. The Morgan fingerprint density at radius 3 is 2.60 bits per heavy atom. The normalized spacial score (nSPS) is 17.1. The SMILES string of the molecule is CCNC(=O)CNC1CCN(Cc2ccccc2)CC1. The van der Waals surface area contributed by atoms with Crippen LogP contribution in [0.5, 0.6) is 0 Å². The van der Waals surface area contributed by atoms with Gasteiger partial charge < -0.3 is 10.6 Å². The molecular weight excluding hydrogens is 250 g/mol. The lowest BCUT2D eigenvalue weighted by molar-refractivity contribution is -0.120. The van der Waals surface area contributed by atoms with Crippen LogP contribution in [0.3, 0.4) is 0 Å². The fourth-order valence-corrected chi connectivity index (χ4v) is 2.63. The van der Waals surface area contributed by atoms with Crippen LogP contribution in [-0.2, 0) is 11.3 Å². The number of likely N-dealkylation sites (tertiary alicyclic amines) is 1. The number of hydrogen-bond acceptors (Lipinski definition) is 3. The van der Waals surface area contributed by atoms with E-state index in [9.17, 15) is 4.79 Å². The largest absolute Gasteiger partial charge is 0.355 e. The molecule has 1 saturated heterocycles. The average molecular weight is 275 g/mol. The minimum Gasteiger partial charge on any atom is -0.355 e. The van der Waals surface area contributed by atoms with Crippen molar-refractivity contribution in [2.24, 2.45) is 0 Å². The lowest BCUT2D eigenvalue weighted by atomic mass is 10.0. The van der Waals surface area contributed by atoms with Crippen LogP contribution in [0, 0.1) is 0 Å². The molecule has 1 aliphatic heterocycles. The van der Waals surface area contributed by atoms with E-state index in [4.69, 9.17) is 0 Å². The first-order valence-electron chi connectivity index (χ1n) is 7.54. The maximum Gasteiger partial charge on any atom is 0.233 e. The highest BCUT2D eigenvalue weighted by Gasteiger charge is 2.19. The molecule has 1 aliphatic rings. The third kappa shape index (κ3) is 4.94. The van der Waals surface area contributed by atoms with E-state index in [1.807, 2.05) is 6.92 Å². The molecule has 110 valence electrons. The summed E-state index contributed by atoms with van der Waals surface area (Å²) in [6.45, 7) is 6.32. The van der Waals surface area contributed by atoms with Crippen molar-refractivity contribution in [3.63, 3.8) is 0 Å². The summed E-state index contributed by atoms with van der Waals surface area (Å²) in [6, 6.07) is 11.1. The molecular formula is C16H25N3O. The number of hydrogen-bond donors (Lipinski definition) is 2. The Balaban J connectivity index is 1.66. The highest BCUT2D eigenvalue weighted by atomic mass is 16.1. The van der Waals surface area contributed by atoms with Crippen LogP contribution in [0.1, 0.15) is 25.3 Å². The van der Waals surface area contributed by atoms with E-state index in [0.29, 0.717) is 19.1 Å². The van der Waals surface area contributed by atoms with Crippen LogP contribution < -0.4 is 10.6 Å². The summed E-state index contributed by atoms with van der Waals surface area (Å²) in [5.41, 5.74) is 1.38. The van der Waals surface area contributed by atoms with E-state index in [1.165, 1.54) is 5.56 Å². The molecule has 1 aromatic carbocycles. The first-order chi connectivity index (χ1) is 9.78. The number of benzene rings is 1. The van der Waals surface area contributed by atoms with Crippen LogP contribution in [0.2, 0.25) is 0 Å². The van der Waals surface area contributed by atoms with E-state index in [1.54, 1.807) is 0 Å². The molecule has 0 unspecified atom stereocenters. The molecule has 20 heavy (non-hydrogen) atoms. The predicted molar refractivity (Wildman–Crippen MR) is 81.4 cm³/mol. The second-order valence-electron chi connectivity index (χ2n) is 5.37. The molecule has 4 nitrogen and oxygen atoms in total. The molecule has 0 atom stereocenters. The van der Waals surface area contributed by atoms with Gasteiger partial charge in [0.2, 0.25) is 5.91 Å². The maximum atomic E-state index is 11.4. The van der Waals surface area contributed by atoms with Crippen molar-refractivity contribution in [1.29, 1.82) is 0 Å². The van der Waals surface area contributed by atoms with Crippen LogP contribution in [-0.4, -0.2) is 43.0 Å². The van der Waals surface area contributed by atoms with Crippen molar-refractivity contribution in [1.82, 2.24) is 15.5 Å². The fourth-order valence-electron chi connectivity index (χ4n) is 2.63. The van der Waals surface area contributed by atoms with Crippen molar-refractivity contribution in [2.75, 3.05) is 26.2 Å². The van der Waals surface area contributed by atoms with E-state index >= 15 is 0 Å². The third-order valence-corrected chi connectivity index (χ3v) is 3.76. The minimum atomic E-state index is 0.0965. The minimum absolute atomic E-state index is 0.0965. The Bertz CT molecular complexity index is 399. The van der Waals surface area contributed by atoms with Gasteiger partial charge in [0, 0.05) is 19.1 Å². The zero-order valence-electron chi connectivity index (χ0n) is 12.3. The van der Waals surface area contributed by atoms with Crippen LogP contribution >= 0.6 is 0 Å². The number of amides is 1. The number of nitrogens with zero attached hydrogens (tertiary/aromatic N) is 1. The molecule has 1 aromatic rings. The van der Waals surface area contributed by atoms with Crippen molar-refractivity contribution < 1.29 is 4.79 Å². The van der Waals surface area contributed by atoms with Gasteiger partial charge in [0.25, 0.3) is 0 Å². The lowest BCUT2D eigenvalue weighted by Gasteiger charge is -2.32. The quantitative estimate of drug-likeness (QED) is 0.824. The van der Waals surface area contributed by atoms with Crippen LogP contribution in [0.15, 0.2) is 30.3 Å². The molecule has 0 radical (unpaired) electrons. The summed E-state index contributed by atoms with van der Waals surface area (Å²) in [6.07, 6.45) is 2.23. The second-order valence-corrected chi connectivity index (χ2v) is 5.37. The summed E-state index contributed by atoms with van der Waals surface area (Å²) >= 11 is 0. The Labute approximate surface area is 121 Å². The molecule has 1 fully saturated rings. The topological polar surface area (TPSA) is 44.4 Å². The number of carbonyl (C=O) groups excluding carboxylic acids is 1. The number of carbonyl (C=O) groups is 1. The molecule has 0 aromatic heterocycles. The molecule has 0 saturated carbocycles. The summed E-state index contributed by atoms with van der Waals surface area (Å²) in [4.78, 5) is 13.9. The lowest BCUT2D eigenvalue weighted by Crippen LogP contribution is -2.45. The first kappa shape index (κ1) is 15.0. The third-order valence-electron chi connectivity index (χ3n) is 3.76. The molecule has 0 spiro atoms. The Kier molecular flexibility index (Phi) is 6.02. The standard InChI is InChI=1S/C16H25N3O/c1-2-17-16(20)12-18-15-8-10-19(11-9-15)13-14-6-4-3-5-7-14/h3-7,15,18H,2,8-13H2,1H3,(H,17,20). The van der Waals surface area contributed by atoms with Gasteiger partial charge in [0.05, 0.1) is 6.54 Å². The van der Waals surface area contributed by atoms with E-state index in [-0.39, 0.29) is 5.91 Å². The van der Waals surface area contributed by atoms with E-state index < -0.39 is 0 Å². The Morgan fingerprint density at radius 2 is 1.95 bits per heavy atom. The second kappa shape index (κ2) is 8.02. The van der Waals surface area contributed by atoms with Gasteiger partial charge in [0.15, 0.2) is 0 Å². The molecule has 1 heterocycles. The monoisotopic (exact) mass is 275 g/mol. The molecule has 1 amide bonds. The van der Waals surface area contributed by atoms with Gasteiger partial charge in [-0.25, -0.2) is 0 Å². The molecule has 0 bridgehead atoms. The van der Waals surface area contributed by atoms with E-state index in [2.05, 4.69) is 45.9 Å². The van der Waals surface area contributed by atoms with Crippen LogP contribution in [0.25, 0.3) is 0 Å². The smallest absolute Gasteiger partial charge is 0.233 e. The number of nitrogens with one attached hydrogen (secondary N) is 2. The molecule has 0 aliphatic carbocycles. The van der Waals surface area contributed by atoms with Crippen molar-refractivity contribution in [3.05, 3.63) is 35.9 Å². The molecule has 4 heteroatoms. The van der Waals surface area contributed by atoms with Gasteiger partial charge >= 0.3 is 0 Å². The number of likely N-dealkylation sites (N-methyl/N-ethyl adjacent to an activating group) is 1. The van der Waals surface area contributed by atoms with Crippen LogP contribution in [0.4, 0.5) is 0 Å². The first-order valence-corrected chi connectivity index (χ1v) is 7.54. The number of rotatable bonds is 6. The summed E-state index contributed by atoms with van der Waals surface area (Å²) in [7, 11) is 0. The molecule has 2 rings (SSSR count). The number of piperidine rings is 1.